The van der Waals surface area contributed by atoms with Crippen molar-refractivity contribution in [2.24, 2.45) is 0 Å². The van der Waals surface area contributed by atoms with Crippen LogP contribution in [0.1, 0.15) is 30.3 Å². The van der Waals surface area contributed by atoms with E-state index >= 15 is 0 Å². The molecule has 1 fully saturated rings. The highest BCUT2D eigenvalue weighted by Gasteiger charge is 2.11. The summed E-state index contributed by atoms with van der Waals surface area (Å²) in [7, 11) is 1.82. The third-order valence-electron chi connectivity index (χ3n) is 4.74. The first-order chi connectivity index (χ1) is 13.2. The lowest BCUT2D eigenvalue weighted by Gasteiger charge is -2.17. The number of allylic oxidation sites excluding steroid dienone is 6. The summed E-state index contributed by atoms with van der Waals surface area (Å²) >= 11 is 1.72. The summed E-state index contributed by atoms with van der Waals surface area (Å²) in [6.45, 7) is 8.48. The SMILES string of the molecule is C=C/C(=C\C=C(/C)N1CCCC1)c1cc2nc(/C(C=N)=C/NC)ccc2s1. The number of nitrogens with zero attached hydrogens (tertiary/aromatic N) is 2. The van der Waals surface area contributed by atoms with E-state index in [2.05, 4.69) is 48.0 Å². The molecule has 4 nitrogen and oxygen atoms in total. The predicted octanol–water partition coefficient (Wildman–Crippen LogP) is 5.08. The first kappa shape index (κ1) is 19.1. The van der Waals surface area contributed by atoms with Gasteiger partial charge in [0.1, 0.15) is 0 Å². The first-order valence-corrected chi connectivity index (χ1v) is 10.0. The third kappa shape index (κ3) is 4.37. The number of rotatable bonds is 7. The van der Waals surface area contributed by atoms with Crippen LogP contribution in [-0.4, -0.2) is 36.2 Å². The predicted molar refractivity (Wildman–Crippen MR) is 118 cm³/mol. The molecule has 3 rings (SSSR count). The molecule has 3 heterocycles. The standard InChI is InChI=1S/C22H26N4S/c1-4-17(8-7-16(2)26-11-5-6-12-26)22-13-20-21(27-22)10-9-19(25-20)18(14-23)15-24-3/h4,7-10,13-15,23-24H,1,5-6,11-12H2,2-3H3/b16-7+,17-8+,18-15+,23-14?. The molecule has 2 aromatic heterocycles. The van der Waals surface area contributed by atoms with Gasteiger partial charge in [-0.15, -0.1) is 11.3 Å². The Morgan fingerprint density at radius 2 is 2.04 bits per heavy atom. The van der Waals surface area contributed by atoms with E-state index in [1.54, 1.807) is 17.5 Å². The van der Waals surface area contributed by atoms with Crippen molar-refractivity contribution in [1.29, 1.82) is 5.41 Å². The van der Waals surface area contributed by atoms with E-state index in [4.69, 9.17) is 10.4 Å². The number of hydrogen-bond donors (Lipinski definition) is 2. The van der Waals surface area contributed by atoms with E-state index < -0.39 is 0 Å². The molecule has 0 aliphatic carbocycles. The molecule has 0 bridgehead atoms. The average Bonchev–Trinajstić information content (AvgIpc) is 3.35. The van der Waals surface area contributed by atoms with Crippen LogP contribution in [0, 0.1) is 5.41 Å². The Hall–Kier alpha value is -2.66. The second kappa shape index (κ2) is 8.82. The normalized spacial score (nSPS) is 16.1. The van der Waals surface area contributed by atoms with Crippen molar-refractivity contribution in [3.8, 4) is 0 Å². The molecule has 27 heavy (non-hydrogen) atoms. The molecule has 0 atom stereocenters. The van der Waals surface area contributed by atoms with Crippen LogP contribution < -0.4 is 5.32 Å². The van der Waals surface area contributed by atoms with Gasteiger partial charge in [-0.1, -0.05) is 18.7 Å². The first-order valence-electron chi connectivity index (χ1n) is 9.21. The summed E-state index contributed by atoms with van der Waals surface area (Å²) in [6, 6.07) is 6.15. The van der Waals surface area contributed by atoms with Gasteiger partial charge in [-0.2, -0.15) is 0 Å². The molecule has 1 aliphatic rings. The van der Waals surface area contributed by atoms with Crippen LogP contribution in [0.15, 0.2) is 54.9 Å². The van der Waals surface area contributed by atoms with Crippen molar-refractivity contribution in [2.75, 3.05) is 20.1 Å². The topological polar surface area (TPSA) is 52.0 Å². The minimum atomic E-state index is 0.760. The van der Waals surface area contributed by atoms with Gasteiger partial charge in [0.2, 0.25) is 0 Å². The number of aromatic nitrogens is 1. The summed E-state index contributed by atoms with van der Waals surface area (Å²) in [5, 5.41) is 10.5. The fraction of sp³-hybridized carbons (Fsp3) is 0.273. The molecule has 140 valence electrons. The van der Waals surface area contributed by atoms with Crippen LogP contribution >= 0.6 is 11.3 Å². The number of fused-ring (bicyclic) bond motifs is 1. The van der Waals surface area contributed by atoms with E-state index in [9.17, 15) is 0 Å². The lowest BCUT2D eigenvalue weighted by atomic mass is 10.1. The highest BCUT2D eigenvalue weighted by molar-refractivity contribution is 7.20. The van der Waals surface area contributed by atoms with Crippen molar-refractivity contribution in [3.05, 3.63) is 65.5 Å². The van der Waals surface area contributed by atoms with Gasteiger partial charge in [-0.25, -0.2) is 4.98 Å². The number of hydrogen-bond acceptors (Lipinski definition) is 5. The maximum atomic E-state index is 7.57. The summed E-state index contributed by atoms with van der Waals surface area (Å²) in [5.41, 5.74) is 4.92. The second-order valence-electron chi connectivity index (χ2n) is 6.55. The maximum Gasteiger partial charge on any atom is 0.0823 e. The zero-order valence-corrected chi connectivity index (χ0v) is 16.8. The lowest BCUT2D eigenvalue weighted by molar-refractivity contribution is 0.428. The van der Waals surface area contributed by atoms with E-state index in [1.165, 1.54) is 24.8 Å². The molecule has 0 aromatic carbocycles. The summed E-state index contributed by atoms with van der Waals surface area (Å²) < 4.78 is 1.13. The van der Waals surface area contributed by atoms with Gasteiger partial charge in [-0.05, 0) is 49.6 Å². The zero-order valence-electron chi connectivity index (χ0n) is 16.0. The molecule has 0 unspecified atom stereocenters. The van der Waals surface area contributed by atoms with Crippen LogP contribution in [0.4, 0.5) is 0 Å². The molecule has 2 N–H and O–H groups in total. The van der Waals surface area contributed by atoms with Crippen LogP contribution in [0.5, 0.6) is 0 Å². The fourth-order valence-electron chi connectivity index (χ4n) is 3.21. The molecule has 2 aromatic rings. The van der Waals surface area contributed by atoms with Crippen molar-refractivity contribution in [2.45, 2.75) is 19.8 Å². The molecule has 0 amide bonds. The highest BCUT2D eigenvalue weighted by Crippen LogP contribution is 2.31. The molecule has 0 radical (unpaired) electrons. The minimum absolute atomic E-state index is 0.760. The molecule has 0 saturated carbocycles. The van der Waals surface area contributed by atoms with Crippen LogP contribution in [0.3, 0.4) is 0 Å². The Morgan fingerprint density at radius 1 is 1.26 bits per heavy atom. The van der Waals surface area contributed by atoms with Gasteiger partial charge in [0.25, 0.3) is 0 Å². The van der Waals surface area contributed by atoms with Crippen LogP contribution in [0.2, 0.25) is 0 Å². The number of pyridine rings is 1. The smallest absolute Gasteiger partial charge is 0.0823 e. The van der Waals surface area contributed by atoms with Gasteiger partial charge < -0.3 is 15.6 Å². The minimum Gasteiger partial charge on any atom is -0.393 e. The number of likely N-dealkylation sites (tertiary alicyclic amines) is 1. The van der Waals surface area contributed by atoms with Gasteiger partial charge in [-0.3, -0.25) is 0 Å². The fourth-order valence-corrected chi connectivity index (χ4v) is 4.23. The Morgan fingerprint density at radius 3 is 2.70 bits per heavy atom. The Balaban J connectivity index is 1.91. The quantitative estimate of drug-likeness (QED) is 0.522. The van der Waals surface area contributed by atoms with Crippen molar-refractivity contribution in [1.82, 2.24) is 15.2 Å². The molecular weight excluding hydrogens is 352 g/mol. The zero-order chi connectivity index (χ0) is 19.2. The van der Waals surface area contributed by atoms with E-state index in [0.717, 1.165) is 45.0 Å². The van der Waals surface area contributed by atoms with Gasteiger partial charge >= 0.3 is 0 Å². The van der Waals surface area contributed by atoms with E-state index in [-0.39, 0.29) is 0 Å². The average molecular weight is 379 g/mol. The molecular formula is C22H26N4S. The largest absolute Gasteiger partial charge is 0.393 e. The van der Waals surface area contributed by atoms with E-state index in [1.807, 2.05) is 19.2 Å². The van der Waals surface area contributed by atoms with E-state index in [0.29, 0.717) is 0 Å². The highest BCUT2D eigenvalue weighted by atomic mass is 32.1. The maximum absolute atomic E-state index is 7.57. The molecule has 0 spiro atoms. The second-order valence-corrected chi connectivity index (χ2v) is 7.64. The summed E-state index contributed by atoms with van der Waals surface area (Å²) in [6.07, 6.45) is 11.9. The van der Waals surface area contributed by atoms with Gasteiger partial charge in [0, 0.05) is 48.7 Å². The van der Waals surface area contributed by atoms with Crippen molar-refractivity contribution < 1.29 is 0 Å². The number of nitrogens with one attached hydrogen (secondary N) is 2. The van der Waals surface area contributed by atoms with Gasteiger partial charge in [0.15, 0.2) is 0 Å². The Kier molecular flexibility index (Phi) is 6.24. The van der Waals surface area contributed by atoms with Crippen LogP contribution in [0.25, 0.3) is 21.4 Å². The lowest BCUT2D eigenvalue weighted by Crippen LogP contribution is -2.16. The monoisotopic (exact) mass is 378 g/mol. The molecule has 5 heteroatoms. The third-order valence-corrected chi connectivity index (χ3v) is 5.88. The number of thiophene rings is 1. The van der Waals surface area contributed by atoms with Gasteiger partial charge in [0.05, 0.1) is 15.9 Å². The Labute approximate surface area is 165 Å². The van der Waals surface area contributed by atoms with Crippen molar-refractivity contribution in [3.63, 3.8) is 0 Å². The molecule has 1 aliphatic heterocycles. The molecule has 1 saturated heterocycles. The Bertz CT molecular complexity index is 927. The summed E-state index contributed by atoms with van der Waals surface area (Å²) in [4.78, 5) is 8.32. The van der Waals surface area contributed by atoms with Crippen LogP contribution in [-0.2, 0) is 0 Å². The van der Waals surface area contributed by atoms with Crippen molar-refractivity contribution >= 4 is 38.9 Å². The summed E-state index contributed by atoms with van der Waals surface area (Å²) in [5.74, 6) is 0.